The molecule has 0 bridgehead atoms. The second-order valence-corrected chi connectivity index (χ2v) is 28.8. The molecule has 0 saturated carbocycles. The molecular weight excluding hydrogens is 1360 g/mol. The normalized spacial score (nSPS) is 26.3. The van der Waals surface area contributed by atoms with E-state index in [2.05, 4.69) is 153 Å². The van der Waals surface area contributed by atoms with Crippen molar-refractivity contribution < 1.29 is 89.4 Å². The number of nitrogens with one attached hydrogen (secondary N) is 1. The Labute approximate surface area is 644 Å². The minimum atomic E-state index is -1.99. The summed E-state index contributed by atoms with van der Waals surface area (Å²) in [5.74, 6) is -0.314. The molecule has 3 saturated heterocycles. The van der Waals surface area contributed by atoms with Crippen LogP contribution in [0.3, 0.4) is 0 Å². The molecule has 0 aliphatic carbocycles. The van der Waals surface area contributed by atoms with E-state index in [-0.39, 0.29) is 18.9 Å². The number of unbranched alkanes of at least 4 members (excludes halogenated alkanes) is 26. The number of carbonyl (C=O) groups excluding carboxylic acids is 1. The van der Waals surface area contributed by atoms with Gasteiger partial charge in [0.2, 0.25) is 5.91 Å². The van der Waals surface area contributed by atoms with E-state index in [0.717, 1.165) is 109 Å². The third kappa shape index (κ3) is 45.7. The third-order valence-corrected chi connectivity index (χ3v) is 19.6. The van der Waals surface area contributed by atoms with Gasteiger partial charge in [-0.2, -0.15) is 0 Å². The Kier molecular flexibility index (Phi) is 60.0. The first-order valence-corrected chi connectivity index (χ1v) is 41.6. The number of allylic oxidation sites excluding steroid dienone is 23. The molecule has 0 aromatic rings. The lowest BCUT2D eigenvalue weighted by Crippen LogP contribution is -2.66. The molecule has 3 rings (SSSR count). The quantitative estimate of drug-likeness (QED) is 0.0199. The number of ether oxygens (including phenoxy) is 6. The van der Waals surface area contributed by atoms with Gasteiger partial charge in [-0.05, 0) is 109 Å². The topological polar surface area (TPSA) is 307 Å². The van der Waals surface area contributed by atoms with Crippen molar-refractivity contribution in [2.75, 3.05) is 26.4 Å². The fourth-order valence-electron chi connectivity index (χ4n) is 13.0. The van der Waals surface area contributed by atoms with Gasteiger partial charge in [0, 0.05) is 6.42 Å². The van der Waals surface area contributed by atoms with Crippen LogP contribution in [0.15, 0.2) is 146 Å². The molecule has 19 nitrogen and oxygen atoms in total. The van der Waals surface area contributed by atoms with E-state index in [4.69, 9.17) is 28.4 Å². The summed E-state index contributed by atoms with van der Waals surface area (Å²) in [5, 5.41) is 121. The first-order valence-electron chi connectivity index (χ1n) is 41.6. The van der Waals surface area contributed by atoms with Crippen molar-refractivity contribution in [1.82, 2.24) is 5.32 Å². The number of amides is 1. The number of carbonyl (C=O) groups is 1. The van der Waals surface area contributed by atoms with Crippen LogP contribution in [0.4, 0.5) is 0 Å². The van der Waals surface area contributed by atoms with Gasteiger partial charge in [-0.15, -0.1) is 0 Å². The monoisotopic (exact) mass is 1510 g/mol. The molecule has 19 heteroatoms. The van der Waals surface area contributed by atoms with Crippen molar-refractivity contribution in [3.63, 3.8) is 0 Å². The predicted octanol–water partition coefficient (Wildman–Crippen LogP) is 14.6. The van der Waals surface area contributed by atoms with Crippen molar-refractivity contribution in [3.8, 4) is 0 Å². The van der Waals surface area contributed by atoms with Gasteiger partial charge in [-0.3, -0.25) is 4.79 Å². The Morgan fingerprint density at radius 3 is 1.05 bits per heavy atom. The maximum Gasteiger partial charge on any atom is 0.220 e. The number of hydrogen-bond acceptors (Lipinski definition) is 18. The summed E-state index contributed by atoms with van der Waals surface area (Å²) < 4.78 is 34.4. The van der Waals surface area contributed by atoms with E-state index >= 15 is 0 Å². The zero-order valence-corrected chi connectivity index (χ0v) is 65.6. The molecular formula is C88H147NO18. The van der Waals surface area contributed by atoms with E-state index in [9.17, 15) is 61.0 Å². The zero-order valence-electron chi connectivity index (χ0n) is 65.6. The van der Waals surface area contributed by atoms with E-state index in [1.54, 1.807) is 6.08 Å². The van der Waals surface area contributed by atoms with Gasteiger partial charge in [0.25, 0.3) is 0 Å². The van der Waals surface area contributed by atoms with Crippen LogP contribution in [-0.4, -0.2) is 193 Å². The van der Waals surface area contributed by atoms with E-state index < -0.39 is 124 Å². The van der Waals surface area contributed by atoms with E-state index in [1.165, 1.54) is 128 Å². The number of aliphatic hydroxyl groups excluding tert-OH is 11. The molecule has 0 spiro atoms. The van der Waals surface area contributed by atoms with Gasteiger partial charge < -0.3 is 89.9 Å². The van der Waals surface area contributed by atoms with Crippen LogP contribution in [0.1, 0.15) is 271 Å². The van der Waals surface area contributed by atoms with Gasteiger partial charge in [0.15, 0.2) is 18.9 Å². The summed E-state index contributed by atoms with van der Waals surface area (Å²) in [6.07, 6.45) is 69.7. The molecule has 17 unspecified atom stereocenters. The smallest absolute Gasteiger partial charge is 0.220 e. The molecule has 3 aliphatic rings. The van der Waals surface area contributed by atoms with E-state index in [1.807, 2.05) is 6.08 Å². The third-order valence-electron chi connectivity index (χ3n) is 19.6. The Hall–Kier alpha value is -4.33. The van der Waals surface area contributed by atoms with Crippen LogP contribution in [0.25, 0.3) is 0 Å². The molecule has 1 amide bonds. The van der Waals surface area contributed by atoms with Gasteiger partial charge in [0.05, 0.1) is 38.6 Å². The second-order valence-electron chi connectivity index (χ2n) is 28.8. The molecule has 0 radical (unpaired) electrons. The molecule has 0 aromatic heterocycles. The van der Waals surface area contributed by atoms with Crippen LogP contribution < -0.4 is 5.32 Å². The van der Waals surface area contributed by atoms with E-state index in [0.29, 0.717) is 12.8 Å². The molecule has 0 aromatic carbocycles. The lowest BCUT2D eigenvalue weighted by atomic mass is 9.96. The maximum atomic E-state index is 13.5. The lowest BCUT2D eigenvalue weighted by molar-refractivity contribution is -0.379. The molecule has 12 N–H and O–H groups in total. The molecule has 17 atom stereocenters. The Morgan fingerprint density at radius 1 is 0.346 bits per heavy atom. The lowest BCUT2D eigenvalue weighted by Gasteiger charge is -2.48. The highest BCUT2D eigenvalue weighted by molar-refractivity contribution is 5.76. The SMILES string of the molecule is CC/C=C\C/C=C\C/C=C\C/C=C\C/C=C\C/C=C\C/C=C\C/C=C\C/C=C\C/C=C\CCCCCCC(=O)NC(COC1OC(CO)C(OC2OC(CO)C(OC3OC(CO)C(O)C(O)C3O)C(O)C2O)C(O)C1O)C(O)/C=C/CC/C=C/CCCCCCCCCCCCCCCCCCCCCCC. The highest BCUT2D eigenvalue weighted by Crippen LogP contribution is 2.33. The number of aliphatic hydroxyl groups is 11. The average molecular weight is 1510 g/mol. The van der Waals surface area contributed by atoms with Crippen molar-refractivity contribution in [2.45, 2.75) is 375 Å². The maximum absolute atomic E-state index is 13.5. The Morgan fingerprint density at radius 2 is 0.654 bits per heavy atom. The van der Waals surface area contributed by atoms with Gasteiger partial charge in [-0.25, -0.2) is 0 Å². The molecule has 3 aliphatic heterocycles. The van der Waals surface area contributed by atoms with Crippen molar-refractivity contribution in [1.29, 1.82) is 0 Å². The first-order chi connectivity index (χ1) is 52.3. The van der Waals surface area contributed by atoms with Crippen LogP contribution in [0.5, 0.6) is 0 Å². The summed E-state index contributed by atoms with van der Waals surface area (Å²) in [7, 11) is 0. The van der Waals surface area contributed by atoms with Crippen molar-refractivity contribution >= 4 is 5.91 Å². The van der Waals surface area contributed by atoms with Crippen molar-refractivity contribution in [3.05, 3.63) is 146 Å². The highest BCUT2D eigenvalue weighted by atomic mass is 16.8. The fourth-order valence-corrected chi connectivity index (χ4v) is 13.0. The minimum Gasteiger partial charge on any atom is -0.394 e. The predicted molar refractivity (Wildman–Crippen MR) is 429 cm³/mol. The highest BCUT2D eigenvalue weighted by Gasteiger charge is 2.54. The van der Waals surface area contributed by atoms with Crippen LogP contribution in [-0.2, 0) is 33.2 Å². The minimum absolute atomic E-state index is 0.196. The molecule has 3 heterocycles. The summed E-state index contributed by atoms with van der Waals surface area (Å²) >= 11 is 0. The summed E-state index contributed by atoms with van der Waals surface area (Å²) in [4.78, 5) is 13.5. The second kappa shape index (κ2) is 66.3. The summed E-state index contributed by atoms with van der Waals surface area (Å²) in [6.45, 7) is 1.59. The zero-order chi connectivity index (χ0) is 77.4. The Bertz CT molecular complexity index is 2500. The molecule has 107 heavy (non-hydrogen) atoms. The number of rotatable bonds is 64. The van der Waals surface area contributed by atoms with Crippen molar-refractivity contribution in [2.24, 2.45) is 0 Å². The average Bonchev–Trinajstić information content (AvgIpc) is 0.781. The van der Waals surface area contributed by atoms with Gasteiger partial charge in [-0.1, -0.05) is 301 Å². The molecule has 612 valence electrons. The van der Waals surface area contributed by atoms with Crippen LogP contribution >= 0.6 is 0 Å². The van der Waals surface area contributed by atoms with Gasteiger partial charge >= 0.3 is 0 Å². The standard InChI is InChI=1S/C88H147NO18/c1-3-5-7-9-11-13-15-17-19-21-23-25-27-29-31-32-33-34-35-36-37-38-40-42-44-46-48-50-52-54-56-58-60-62-64-66-76(94)89-71(72(93)65-63-61-59-57-55-53-51-49-47-45-43-41-39-30-28-26-24-22-20-18-16-14-12-10-8-6-4-2)70-102-86-82(100)79(97)84(74(68-91)104-86)107-88-83(101)80(98)85(75(69-92)105-88)106-87-81(99)78(96)77(95)73(67-90)103-87/h5,7,11,13,17,19,23,25,29,31,33-34,36-37,40,42,46,48,52,54-55,57,63,65,71-75,77-88,90-93,95-101H,3-4,6,8-10,12,14-16,18,20-22,24,26-28,30,32,35,38-39,41,43-45,47,49-51,53,56,58-62,64,66-70H2,1-2H3,(H,89,94)/b7-5-,13-11-,19-17-,25-23-,31-29-,34-33-,37-36-,42-40-,48-46-,54-52-,57-55+,65-63+. The largest absolute Gasteiger partial charge is 0.394 e. The Balaban J connectivity index is 1.40. The fraction of sp³-hybridized carbons (Fsp3) is 0.716. The van der Waals surface area contributed by atoms with Crippen LogP contribution in [0, 0.1) is 0 Å². The van der Waals surface area contributed by atoms with Crippen LogP contribution in [0.2, 0.25) is 0 Å². The summed E-state index contributed by atoms with van der Waals surface area (Å²) in [5.41, 5.74) is 0. The number of hydrogen-bond donors (Lipinski definition) is 12. The summed E-state index contributed by atoms with van der Waals surface area (Å²) in [6, 6.07) is -1.02. The van der Waals surface area contributed by atoms with Gasteiger partial charge in [0.1, 0.15) is 73.2 Å². The first kappa shape index (κ1) is 96.9. The molecule has 3 fully saturated rings.